The molecule has 13 heavy (non-hydrogen) atoms. The van der Waals surface area contributed by atoms with E-state index in [1.165, 1.54) is 0 Å². The Morgan fingerprint density at radius 1 is 1.15 bits per heavy atom. The molecule has 1 N–H and O–H groups in total. The fourth-order valence-corrected chi connectivity index (χ4v) is 1.06. The second kappa shape index (κ2) is 3.49. The normalized spacial score (nSPS) is 9.92. The van der Waals surface area contributed by atoms with Crippen molar-refractivity contribution >= 4 is 11.6 Å². The van der Waals surface area contributed by atoms with Crippen molar-refractivity contribution in [2.45, 2.75) is 0 Å². The lowest BCUT2D eigenvalue weighted by atomic mass is 10.3. The average molecular weight is 195 g/mol. The van der Waals surface area contributed by atoms with Crippen molar-refractivity contribution in [2.24, 2.45) is 0 Å². The first-order chi connectivity index (χ1) is 6.34. The third kappa shape index (κ3) is 2.00. The van der Waals surface area contributed by atoms with Gasteiger partial charge >= 0.3 is 0 Å². The molecule has 1 aromatic carbocycles. The second-order valence-corrected chi connectivity index (χ2v) is 2.93. The summed E-state index contributed by atoms with van der Waals surface area (Å²) in [5.41, 5.74) is 0. The number of benzene rings is 1. The van der Waals surface area contributed by atoms with Crippen molar-refractivity contribution in [3.63, 3.8) is 0 Å². The quantitative estimate of drug-likeness (QED) is 0.798. The van der Waals surface area contributed by atoms with Crippen molar-refractivity contribution in [1.29, 1.82) is 0 Å². The molecule has 0 atom stereocenters. The summed E-state index contributed by atoms with van der Waals surface area (Å²) in [4.78, 5) is 0. The number of H-pyrrole nitrogens is 1. The molecule has 0 saturated carbocycles. The number of ether oxygens (including phenoxy) is 1. The minimum absolute atomic E-state index is 0.683. The fourth-order valence-electron chi connectivity index (χ4n) is 0.934. The molecule has 0 radical (unpaired) electrons. The molecule has 0 aliphatic rings. The van der Waals surface area contributed by atoms with Gasteiger partial charge in [0.2, 0.25) is 0 Å². The second-order valence-electron chi connectivity index (χ2n) is 2.49. The third-order valence-electron chi connectivity index (χ3n) is 1.52. The first kappa shape index (κ1) is 8.13. The number of aromatic nitrogens is 2. The monoisotopic (exact) mass is 194 g/mol. The molecule has 2 rings (SSSR count). The van der Waals surface area contributed by atoms with Gasteiger partial charge in [0, 0.05) is 5.02 Å². The number of nitrogens with one attached hydrogen (secondary N) is 1. The van der Waals surface area contributed by atoms with Gasteiger partial charge in [-0.25, -0.2) is 0 Å². The third-order valence-corrected chi connectivity index (χ3v) is 1.77. The summed E-state index contributed by atoms with van der Waals surface area (Å²) < 4.78 is 5.42. The van der Waals surface area contributed by atoms with Crippen molar-refractivity contribution in [3.8, 4) is 11.5 Å². The van der Waals surface area contributed by atoms with Crippen molar-refractivity contribution in [2.75, 3.05) is 0 Å². The van der Waals surface area contributed by atoms with E-state index >= 15 is 0 Å². The molecule has 2 aromatic rings. The van der Waals surface area contributed by atoms with Gasteiger partial charge in [-0.2, -0.15) is 5.10 Å². The Kier molecular flexibility index (Phi) is 2.19. The van der Waals surface area contributed by atoms with E-state index in [0.29, 0.717) is 10.8 Å². The van der Waals surface area contributed by atoms with E-state index < -0.39 is 0 Å². The van der Waals surface area contributed by atoms with Crippen LogP contribution in [0.25, 0.3) is 0 Å². The SMILES string of the molecule is Clc1ccc(Oc2cn[nH]c2)cc1. The highest BCUT2D eigenvalue weighted by Gasteiger charge is 1.96. The van der Waals surface area contributed by atoms with Crippen LogP contribution in [0, 0.1) is 0 Å². The Labute approximate surface area is 80.3 Å². The fraction of sp³-hybridized carbons (Fsp3) is 0. The van der Waals surface area contributed by atoms with Crippen molar-refractivity contribution < 1.29 is 4.74 Å². The largest absolute Gasteiger partial charge is 0.454 e. The van der Waals surface area contributed by atoms with Crippen molar-refractivity contribution in [3.05, 3.63) is 41.7 Å². The van der Waals surface area contributed by atoms with Gasteiger partial charge in [0.25, 0.3) is 0 Å². The number of aromatic amines is 1. The lowest BCUT2D eigenvalue weighted by molar-refractivity contribution is 0.483. The molecule has 0 aliphatic carbocycles. The van der Waals surface area contributed by atoms with Crippen LogP contribution in [-0.2, 0) is 0 Å². The van der Waals surface area contributed by atoms with Crippen LogP contribution in [0.1, 0.15) is 0 Å². The van der Waals surface area contributed by atoms with E-state index in [2.05, 4.69) is 10.2 Å². The van der Waals surface area contributed by atoms with Crippen LogP contribution in [0.4, 0.5) is 0 Å². The molecule has 66 valence electrons. The van der Waals surface area contributed by atoms with Crippen LogP contribution < -0.4 is 4.74 Å². The zero-order chi connectivity index (χ0) is 9.10. The Morgan fingerprint density at radius 2 is 1.92 bits per heavy atom. The van der Waals surface area contributed by atoms with E-state index in [4.69, 9.17) is 16.3 Å². The van der Waals surface area contributed by atoms with Crippen molar-refractivity contribution in [1.82, 2.24) is 10.2 Å². The molecule has 0 amide bonds. The molecule has 0 fully saturated rings. The molecule has 1 heterocycles. The molecule has 0 saturated heterocycles. The lowest BCUT2D eigenvalue weighted by Crippen LogP contribution is -1.80. The minimum atomic E-state index is 0.683. The van der Waals surface area contributed by atoms with Crippen LogP contribution in [0.3, 0.4) is 0 Å². The highest BCUT2D eigenvalue weighted by molar-refractivity contribution is 6.30. The Hall–Kier alpha value is -1.48. The highest BCUT2D eigenvalue weighted by atomic mass is 35.5. The van der Waals surface area contributed by atoms with E-state index in [1.807, 2.05) is 0 Å². The van der Waals surface area contributed by atoms with Gasteiger partial charge in [-0.1, -0.05) is 11.6 Å². The maximum absolute atomic E-state index is 5.72. The highest BCUT2D eigenvalue weighted by Crippen LogP contribution is 2.21. The minimum Gasteiger partial charge on any atom is -0.454 e. The molecule has 0 unspecified atom stereocenters. The molecule has 1 aromatic heterocycles. The molecule has 0 spiro atoms. The van der Waals surface area contributed by atoms with Gasteiger partial charge < -0.3 is 4.74 Å². The molecule has 0 bridgehead atoms. The lowest BCUT2D eigenvalue weighted by Gasteiger charge is -2.00. The predicted octanol–water partition coefficient (Wildman–Crippen LogP) is 2.86. The first-order valence-electron chi connectivity index (χ1n) is 3.77. The number of nitrogens with zero attached hydrogens (tertiary/aromatic N) is 1. The summed E-state index contributed by atoms with van der Waals surface area (Å²) in [6.07, 6.45) is 3.28. The Morgan fingerprint density at radius 3 is 2.54 bits per heavy atom. The Balaban J connectivity index is 2.15. The van der Waals surface area contributed by atoms with E-state index in [1.54, 1.807) is 36.7 Å². The molecular formula is C9H7ClN2O. The van der Waals surface area contributed by atoms with E-state index in [0.717, 1.165) is 5.75 Å². The smallest absolute Gasteiger partial charge is 0.165 e. The molecule has 3 nitrogen and oxygen atoms in total. The number of hydrogen-bond donors (Lipinski definition) is 1. The van der Waals surface area contributed by atoms with Gasteiger partial charge in [-0.3, -0.25) is 5.10 Å². The van der Waals surface area contributed by atoms with Crippen LogP contribution in [-0.4, -0.2) is 10.2 Å². The van der Waals surface area contributed by atoms with Gasteiger partial charge in [0.05, 0.1) is 12.4 Å². The summed E-state index contributed by atoms with van der Waals surface area (Å²) in [5.74, 6) is 1.42. The van der Waals surface area contributed by atoms with Gasteiger partial charge in [-0.05, 0) is 24.3 Å². The van der Waals surface area contributed by atoms with Gasteiger partial charge in [0.15, 0.2) is 5.75 Å². The zero-order valence-electron chi connectivity index (χ0n) is 6.70. The maximum Gasteiger partial charge on any atom is 0.165 e. The van der Waals surface area contributed by atoms with Crippen LogP contribution in [0.15, 0.2) is 36.7 Å². The molecular weight excluding hydrogens is 188 g/mol. The summed E-state index contributed by atoms with van der Waals surface area (Å²) in [6, 6.07) is 7.15. The molecule has 0 aliphatic heterocycles. The Bertz CT molecular complexity index is 369. The number of rotatable bonds is 2. The summed E-state index contributed by atoms with van der Waals surface area (Å²) in [7, 11) is 0. The number of halogens is 1. The van der Waals surface area contributed by atoms with Gasteiger partial charge in [0.1, 0.15) is 5.75 Å². The summed E-state index contributed by atoms with van der Waals surface area (Å²) in [6.45, 7) is 0. The predicted molar refractivity (Wildman–Crippen MR) is 50.1 cm³/mol. The summed E-state index contributed by atoms with van der Waals surface area (Å²) in [5, 5.41) is 7.11. The van der Waals surface area contributed by atoms with E-state index in [9.17, 15) is 0 Å². The molecule has 4 heteroatoms. The van der Waals surface area contributed by atoms with Gasteiger partial charge in [-0.15, -0.1) is 0 Å². The average Bonchev–Trinajstić information content (AvgIpc) is 2.62. The van der Waals surface area contributed by atoms with Crippen LogP contribution >= 0.6 is 11.6 Å². The maximum atomic E-state index is 5.72. The first-order valence-corrected chi connectivity index (χ1v) is 4.14. The van der Waals surface area contributed by atoms with Crippen LogP contribution in [0.5, 0.6) is 11.5 Å². The zero-order valence-corrected chi connectivity index (χ0v) is 7.45. The number of hydrogen-bond acceptors (Lipinski definition) is 2. The summed E-state index contributed by atoms with van der Waals surface area (Å²) >= 11 is 5.72. The van der Waals surface area contributed by atoms with E-state index in [-0.39, 0.29) is 0 Å². The topological polar surface area (TPSA) is 37.9 Å². The van der Waals surface area contributed by atoms with Crippen LogP contribution in [0.2, 0.25) is 5.02 Å². The standard InChI is InChI=1S/C9H7ClN2O/c10-7-1-3-8(4-2-7)13-9-5-11-12-6-9/h1-6H,(H,11,12).